The molecule has 0 aromatic heterocycles. The number of aliphatic hydroxyl groups excluding tert-OH is 2. The lowest BCUT2D eigenvalue weighted by atomic mass is 10.1. The van der Waals surface area contributed by atoms with Crippen molar-refractivity contribution in [2.24, 2.45) is 5.73 Å². The Kier molecular flexibility index (Phi) is 1.72. The van der Waals surface area contributed by atoms with Crippen LogP contribution in [-0.2, 0) is 4.74 Å². The van der Waals surface area contributed by atoms with Gasteiger partial charge in [0.1, 0.15) is 6.10 Å². The van der Waals surface area contributed by atoms with Crippen molar-refractivity contribution in [3.63, 3.8) is 0 Å². The Morgan fingerprint density at radius 3 is 2.67 bits per heavy atom. The smallest absolute Gasteiger partial charge is 0.166 e. The van der Waals surface area contributed by atoms with E-state index in [9.17, 15) is 0 Å². The number of hydrogen-bond acceptors (Lipinski definition) is 4. The summed E-state index contributed by atoms with van der Waals surface area (Å²) in [6.45, 7) is 0.104. The third-order valence-corrected chi connectivity index (χ3v) is 1.57. The zero-order valence-electron chi connectivity index (χ0n) is 5.08. The van der Waals surface area contributed by atoms with Crippen LogP contribution in [0.2, 0.25) is 0 Å². The van der Waals surface area contributed by atoms with E-state index in [1.54, 1.807) is 0 Å². The van der Waals surface area contributed by atoms with E-state index < -0.39 is 11.8 Å². The summed E-state index contributed by atoms with van der Waals surface area (Å²) in [6.07, 6.45) is -0.209. The van der Waals surface area contributed by atoms with Crippen LogP contribution in [0.1, 0.15) is 6.42 Å². The number of rotatable bonds is 1. The van der Waals surface area contributed by atoms with Crippen LogP contribution in [0, 0.1) is 0 Å². The lowest BCUT2D eigenvalue weighted by molar-refractivity contribution is -0.0857. The van der Waals surface area contributed by atoms with E-state index in [2.05, 4.69) is 0 Å². The summed E-state index contributed by atoms with van der Waals surface area (Å²) < 4.78 is 4.88. The summed E-state index contributed by atoms with van der Waals surface area (Å²) in [4.78, 5) is 0. The van der Waals surface area contributed by atoms with Gasteiger partial charge in [0, 0.05) is 6.42 Å². The fourth-order valence-electron chi connectivity index (χ4n) is 0.852. The molecule has 0 saturated carbocycles. The summed E-state index contributed by atoms with van der Waals surface area (Å²) in [6, 6.07) is 0. The van der Waals surface area contributed by atoms with Gasteiger partial charge in [-0.2, -0.15) is 0 Å². The van der Waals surface area contributed by atoms with Crippen LogP contribution in [0.15, 0.2) is 0 Å². The number of ether oxygens (including phenoxy) is 1. The standard InChI is InChI=1S/C5H11NO3/c6-5(3-7)4(8)1-2-9-5/h4,7-8H,1-3,6H2/t4-,5+/m0/s1. The second-order valence-corrected chi connectivity index (χ2v) is 2.27. The quantitative estimate of drug-likeness (QED) is 0.403. The molecular weight excluding hydrogens is 122 g/mol. The van der Waals surface area contributed by atoms with Crippen LogP contribution in [0.4, 0.5) is 0 Å². The van der Waals surface area contributed by atoms with Crippen LogP contribution < -0.4 is 5.73 Å². The van der Waals surface area contributed by atoms with Gasteiger partial charge in [-0.15, -0.1) is 0 Å². The van der Waals surface area contributed by atoms with Gasteiger partial charge >= 0.3 is 0 Å². The van der Waals surface area contributed by atoms with Gasteiger partial charge in [-0.1, -0.05) is 0 Å². The normalized spacial score (nSPS) is 43.7. The van der Waals surface area contributed by atoms with Gasteiger partial charge in [0.25, 0.3) is 0 Å². The van der Waals surface area contributed by atoms with E-state index in [1.165, 1.54) is 0 Å². The first kappa shape index (κ1) is 6.95. The van der Waals surface area contributed by atoms with Crippen LogP contribution in [-0.4, -0.2) is 35.3 Å². The SMILES string of the molecule is N[C@]1(CO)OCC[C@@H]1O. The first-order valence-corrected chi connectivity index (χ1v) is 2.91. The van der Waals surface area contributed by atoms with Crippen LogP contribution in [0.25, 0.3) is 0 Å². The topological polar surface area (TPSA) is 75.7 Å². The zero-order valence-corrected chi connectivity index (χ0v) is 5.08. The molecule has 0 bridgehead atoms. The molecule has 1 rings (SSSR count). The van der Waals surface area contributed by atoms with Crippen molar-refractivity contribution >= 4 is 0 Å². The maximum absolute atomic E-state index is 9.04. The van der Waals surface area contributed by atoms with Crippen LogP contribution in [0.5, 0.6) is 0 Å². The Morgan fingerprint density at radius 1 is 1.78 bits per heavy atom. The average molecular weight is 133 g/mol. The Morgan fingerprint density at radius 2 is 2.44 bits per heavy atom. The number of aliphatic hydroxyl groups is 2. The summed E-state index contributed by atoms with van der Waals surface area (Å²) in [7, 11) is 0. The van der Waals surface area contributed by atoms with E-state index in [-0.39, 0.29) is 6.61 Å². The average Bonchev–Trinajstić information content (AvgIpc) is 2.15. The highest BCUT2D eigenvalue weighted by molar-refractivity contribution is 4.86. The molecule has 0 spiro atoms. The molecule has 9 heavy (non-hydrogen) atoms. The first-order valence-electron chi connectivity index (χ1n) is 2.91. The molecule has 1 saturated heterocycles. The summed E-state index contributed by atoms with van der Waals surface area (Å²) in [5, 5.41) is 17.6. The highest BCUT2D eigenvalue weighted by Gasteiger charge is 2.39. The first-order chi connectivity index (χ1) is 4.19. The number of nitrogens with two attached hydrogens (primary N) is 1. The fourth-order valence-corrected chi connectivity index (χ4v) is 0.852. The molecule has 1 aliphatic rings. The molecule has 0 aromatic carbocycles. The maximum Gasteiger partial charge on any atom is 0.166 e. The van der Waals surface area contributed by atoms with Gasteiger partial charge in [0.15, 0.2) is 5.72 Å². The third kappa shape index (κ3) is 1.07. The molecule has 0 aromatic rings. The van der Waals surface area contributed by atoms with Crippen molar-refractivity contribution in [3.05, 3.63) is 0 Å². The summed E-state index contributed by atoms with van der Waals surface area (Å²) in [5.74, 6) is 0. The van der Waals surface area contributed by atoms with E-state index >= 15 is 0 Å². The molecule has 1 fully saturated rings. The second-order valence-electron chi connectivity index (χ2n) is 2.27. The Hall–Kier alpha value is -0.160. The second kappa shape index (κ2) is 2.22. The summed E-state index contributed by atoms with van der Waals surface area (Å²) >= 11 is 0. The van der Waals surface area contributed by atoms with Crippen molar-refractivity contribution in [1.29, 1.82) is 0 Å². The Labute approximate surface area is 53.2 Å². The zero-order chi connectivity index (χ0) is 6.91. The molecule has 0 amide bonds. The van der Waals surface area contributed by atoms with E-state index in [4.69, 9.17) is 20.7 Å². The highest BCUT2D eigenvalue weighted by atomic mass is 16.5. The minimum absolute atomic E-state index is 0.325. The van der Waals surface area contributed by atoms with Gasteiger partial charge in [-0.25, -0.2) is 0 Å². The van der Waals surface area contributed by atoms with E-state index in [1.807, 2.05) is 0 Å². The molecule has 1 aliphatic heterocycles. The number of hydrogen-bond donors (Lipinski definition) is 3. The Bertz CT molecular complexity index is 108. The maximum atomic E-state index is 9.04. The van der Waals surface area contributed by atoms with Crippen molar-refractivity contribution in [3.8, 4) is 0 Å². The minimum atomic E-state index is -1.19. The molecule has 0 unspecified atom stereocenters. The molecule has 54 valence electrons. The predicted molar refractivity (Wildman–Crippen MR) is 30.6 cm³/mol. The van der Waals surface area contributed by atoms with Gasteiger partial charge in [-0.05, 0) is 0 Å². The lowest BCUT2D eigenvalue weighted by Crippen LogP contribution is -2.51. The van der Waals surface area contributed by atoms with Gasteiger partial charge in [0.05, 0.1) is 13.2 Å². The summed E-state index contributed by atoms with van der Waals surface area (Å²) in [5.41, 5.74) is 4.19. The molecule has 2 atom stereocenters. The predicted octanol–water partition coefficient (Wildman–Crippen LogP) is -1.59. The van der Waals surface area contributed by atoms with Crippen LogP contribution >= 0.6 is 0 Å². The molecular formula is C5H11NO3. The van der Waals surface area contributed by atoms with E-state index in [0.717, 1.165) is 0 Å². The molecule has 0 aliphatic carbocycles. The van der Waals surface area contributed by atoms with Gasteiger partial charge < -0.3 is 14.9 Å². The monoisotopic (exact) mass is 133 g/mol. The van der Waals surface area contributed by atoms with Crippen molar-refractivity contribution in [2.75, 3.05) is 13.2 Å². The molecule has 4 heteroatoms. The highest BCUT2D eigenvalue weighted by Crippen LogP contribution is 2.19. The minimum Gasteiger partial charge on any atom is -0.392 e. The van der Waals surface area contributed by atoms with Crippen LogP contribution in [0.3, 0.4) is 0 Å². The lowest BCUT2D eigenvalue weighted by Gasteiger charge is -2.23. The largest absolute Gasteiger partial charge is 0.392 e. The molecule has 0 radical (unpaired) electrons. The third-order valence-electron chi connectivity index (χ3n) is 1.57. The van der Waals surface area contributed by atoms with Crippen molar-refractivity contribution in [2.45, 2.75) is 18.2 Å². The molecule has 1 heterocycles. The van der Waals surface area contributed by atoms with Crippen molar-refractivity contribution in [1.82, 2.24) is 0 Å². The molecule has 4 N–H and O–H groups in total. The van der Waals surface area contributed by atoms with Crippen molar-refractivity contribution < 1.29 is 14.9 Å². The van der Waals surface area contributed by atoms with Gasteiger partial charge in [0.2, 0.25) is 0 Å². The van der Waals surface area contributed by atoms with Gasteiger partial charge in [-0.3, -0.25) is 5.73 Å². The fraction of sp³-hybridized carbons (Fsp3) is 1.00. The van der Waals surface area contributed by atoms with E-state index in [0.29, 0.717) is 13.0 Å². The molecule has 4 nitrogen and oxygen atoms in total. The Balaban J connectivity index is 2.56.